The maximum Gasteiger partial charge on any atom is 0.340 e. The molecule has 268 valence electrons. The number of ether oxygens (including phenoxy) is 2. The average molecular weight is 699 g/mol. The molecule has 0 saturated carbocycles. The molecule has 0 bridgehead atoms. The van der Waals surface area contributed by atoms with E-state index in [0.29, 0.717) is 36.0 Å². The molecule has 3 aliphatic rings. The summed E-state index contributed by atoms with van der Waals surface area (Å²) in [6, 6.07) is 12.8. The summed E-state index contributed by atoms with van der Waals surface area (Å²) >= 11 is 0. The zero-order chi connectivity index (χ0) is 36.0. The molecule has 0 radical (unpaired) electrons. The van der Waals surface area contributed by atoms with Crippen molar-refractivity contribution in [2.24, 2.45) is 0 Å². The molecule has 0 aliphatic carbocycles. The standard InChI is InChI=1S/C38H43FN6O6/c1-20(2)41-21(3)36(47)42-24-7-5-22(6-8-24)16-40-23-9-11-44(12-10-23)17-27-25-14-33(50-4)30(39)15-31(25)43-34-28(27)18-45-32(34)13-26-29(37(45)48)19-51-38(49)35(26)46/h5-8,13-15,20-21,23,35,40-41,46H,9-12,16-19H2,1-4H3,(H,42,47)/t21-,35-/m0/s1. The Kier molecular flexibility index (Phi) is 9.64. The van der Waals surface area contributed by atoms with Crippen molar-refractivity contribution >= 4 is 28.5 Å². The van der Waals surface area contributed by atoms with Crippen LogP contribution in [0.4, 0.5) is 10.1 Å². The summed E-state index contributed by atoms with van der Waals surface area (Å²) in [6.07, 6.45) is 0.299. The summed E-state index contributed by atoms with van der Waals surface area (Å²) < 4.78 is 27.0. The van der Waals surface area contributed by atoms with Gasteiger partial charge in [-0.15, -0.1) is 0 Å². The molecule has 0 unspecified atom stereocenters. The molecule has 1 fully saturated rings. The monoisotopic (exact) mass is 698 g/mol. The number of hydrogen-bond donors (Lipinski definition) is 4. The molecule has 13 heteroatoms. The van der Waals surface area contributed by atoms with Crippen LogP contribution in [0.1, 0.15) is 67.5 Å². The molecule has 1 saturated heterocycles. The summed E-state index contributed by atoms with van der Waals surface area (Å²) in [5.74, 6) is -1.29. The maximum absolute atomic E-state index is 15.0. The topological polar surface area (TPSA) is 147 Å². The number of nitrogens with one attached hydrogen (secondary N) is 3. The highest BCUT2D eigenvalue weighted by Gasteiger charge is 2.35. The van der Waals surface area contributed by atoms with E-state index in [1.165, 1.54) is 13.2 Å². The molecule has 3 aliphatic heterocycles. The summed E-state index contributed by atoms with van der Waals surface area (Å²) in [5, 5.41) is 21.1. The first-order valence-corrected chi connectivity index (χ1v) is 17.4. The molecule has 51 heavy (non-hydrogen) atoms. The number of halogens is 1. The predicted octanol–water partition coefficient (Wildman–Crippen LogP) is 3.74. The summed E-state index contributed by atoms with van der Waals surface area (Å²) in [4.78, 5) is 45.4. The number of rotatable bonds is 10. The minimum atomic E-state index is -1.55. The number of likely N-dealkylation sites (tertiary alicyclic amines) is 1. The summed E-state index contributed by atoms with van der Waals surface area (Å²) in [5.41, 5.74) is 5.27. The largest absolute Gasteiger partial charge is 0.494 e. The van der Waals surface area contributed by atoms with Crippen LogP contribution in [0.3, 0.4) is 0 Å². The Morgan fingerprint density at radius 3 is 2.55 bits per heavy atom. The van der Waals surface area contributed by atoms with Gasteiger partial charge in [-0.25, -0.2) is 14.2 Å². The van der Waals surface area contributed by atoms with E-state index in [4.69, 9.17) is 14.5 Å². The highest BCUT2D eigenvalue weighted by Crippen LogP contribution is 2.40. The van der Waals surface area contributed by atoms with Crippen LogP contribution < -0.4 is 26.2 Å². The number of hydrogen-bond acceptors (Lipinski definition) is 10. The lowest BCUT2D eigenvalue weighted by Crippen LogP contribution is -2.42. The number of aliphatic hydroxyl groups excluding tert-OH is 1. The van der Waals surface area contributed by atoms with Gasteiger partial charge >= 0.3 is 5.97 Å². The van der Waals surface area contributed by atoms with Gasteiger partial charge in [0.2, 0.25) is 5.91 Å². The van der Waals surface area contributed by atoms with Gasteiger partial charge in [0.25, 0.3) is 5.56 Å². The number of benzene rings is 2. The third-order valence-electron chi connectivity index (χ3n) is 10.1. The first kappa shape index (κ1) is 34.7. The van der Waals surface area contributed by atoms with E-state index in [2.05, 4.69) is 20.9 Å². The Balaban J connectivity index is 1.06. The third-order valence-corrected chi connectivity index (χ3v) is 10.1. The number of esters is 1. The molecule has 4 aromatic rings. The quantitative estimate of drug-likeness (QED) is 0.159. The van der Waals surface area contributed by atoms with Crippen LogP contribution in [-0.2, 0) is 40.6 Å². The van der Waals surface area contributed by atoms with E-state index in [1.807, 2.05) is 45.0 Å². The first-order chi connectivity index (χ1) is 24.5. The number of methoxy groups -OCH3 is 1. The molecule has 2 atom stereocenters. The fourth-order valence-corrected chi connectivity index (χ4v) is 7.36. The molecule has 1 amide bonds. The zero-order valence-corrected chi connectivity index (χ0v) is 29.2. The smallest absolute Gasteiger partial charge is 0.340 e. The van der Waals surface area contributed by atoms with E-state index in [-0.39, 0.29) is 53.6 Å². The molecular weight excluding hydrogens is 655 g/mol. The highest BCUT2D eigenvalue weighted by atomic mass is 19.1. The minimum absolute atomic E-state index is 0.0675. The number of pyridine rings is 2. The molecule has 4 N–H and O–H groups in total. The first-order valence-electron chi connectivity index (χ1n) is 17.4. The van der Waals surface area contributed by atoms with E-state index >= 15 is 0 Å². The Morgan fingerprint density at radius 1 is 1.10 bits per heavy atom. The number of piperidine rings is 1. The SMILES string of the molecule is COc1cc2c(CN3CCC(NCc4ccc(NC(=O)[C@H](C)NC(C)C)cc4)CC3)c3c(nc2cc1F)-c1cc2c(c(=O)n1C3)COC(=O)[C@H]2O. The second kappa shape index (κ2) is 14.1. The molecule has 2 aromatic carbocycles. The number of nitrogens with zero attached hydrogens (tertiary/aromatic N) is 3. The summed E-state index contributed by atoms with van der Waals surface area (Å²) in [7, 11) is 1.43. The highest BCUT2D eigenvalue weighted by molar-refractivity contribution is 5.94. The number of carbonyl (C=O) groups is 2. The van der Waals surface area contributed by atoms with E-state index < -0.39 is 17.9 Å². The van der Waals surface area contributed by atoms with Crippen molar-refractivity contribution in [3.63, 3.8) is 0 Å². The van der Waals surface area contributed by atoms with Crippen LogP contribution >= 0.6 is 0 Å². The lowest BCUT2D eigenvalue weighted by Gasteiger charge is -2.33. The lowest BCUT2D eigenvalue weighted by molar-refractivity contribution is -0.157. The van der Waals surface area contributed by atoms with Crippen molar-refractivity contribution in [1.82, 2.24) is 25.1 Å². The number of cyclic esters (lactones) is 1. The molecular formula is C38H43FN6O6. The zero-order valence-electron chi connectivity index (χ0n) is 29.2. The Bertz CT molecular complexity index is 2060. The van der Waals surface area contributed by atoms with Gasteiger partial charge in [0, 0.05) is 53.4 Å². The van der Waals surface area contributed by atoms with Gasteiger partial charge in [0.05, 0.1) is 42.2 Å². The minimum Gasteiger partial charge on any atom is -0.494 e. The predicted molar refractivity (Wildman–Crippen MR) is 190 cm³/mol. The molecule has 12 nitrogen and oxygen atoms in total. The van der Waals surface area contributed by atoms with Crippen LogP contribution in [0, 0.1) is 5.82 Å². The number of aromatic nitrogens is 2. The Morgan fingerprint density at radius 2 is 1.84 bits per heavy atom. The second-order valence-corrected chi connectivity index (χ2v) is 13.9. The molecule has 7 rings (SSSR count). The second-order valence-electron chi connectivity index (χ2n) is 13.9. The number of amides is 1. The normalized spacial score (nSPS) is 17.9. The van der Waals surface area contributed by atoms with Crippen molar-refractivity contribution in [1.29, 1.82) is 0 Å². The van der Waals surface area contributed by atoms with Crippen molar-refractivity contribution in [2.75, 3.05) is 25.5 Å². The van der Waals surface area contributed by atoms with Gasteiger partial charge in [-0.2, -0.15) is 0 Å². The maximum atomic E-state index is 15.0. The molecule has 2 aromatic heterocycles. The van der Waals surface area contributed by atoms with Gasteiger partial charge in [0.15, 0.2) is 17.7 Å². The Hall–Kier alpha value is -4.69. The van der Waals surface area contributed by atoms with E-state index in [1.54, 1.807) is 16.7 Å². The van der Waals surface area contributed by atoms with Crippen molar-refractivity contribution in [3.05, 3.63) is 86.5 Å². The van der Waals surface area contributed by atoms with Gasteiger partial charge in [0.1, 0.15) is 6.61 Å². The van der Waals surface area contributed by atoms with Crippen LogP contribution in [0.25, 0.3) is 22.3 Å². The van der Waals surface area contributed by atoms with Gasteiger partial charge in [-0.1, -0.05) is 26.0 Å². The average Bonchev–Trinajstić information content (AvgIpc) is 3.48. The van der Waals surface area contributed by atoms with E-state index in [0.717, 1.165) is 53.7 Å². The fourth-order valence-electron chi connectivity index (χ4n) is 7.36. The number of fused-ring (bicyclic) bond motifs is 5. The van der Waals surface area contributed by atoms with Crippen LogP contribution in [-0.4, -0.2) is 69.8 Å². The van der Waals surface area contributed by atoms with Gasteiger partial charge in [-0.3, -0.25) is 14.5 Å². The molecule has 0 spiro atoms. The van der Waals surface area contributed by atoms with Crippen LogP contribution in [0.5, 0.6) is 5.75 Å². The number of aliphatic hydroxyl groups is 1. The van der Waals surface area contributed by atoms with Crippen LogP contribution in [0.15, 0.2) is 47.3 Å². The Labute approximate surface area is 295 Å². The lowest BCUT2D eigenvalue weighted by atomic mass is 9.97. The summed E-state index contributed by atoms with van der Waals surface area (Å²) in [6.45, 7) is 8.86. The van der Waals surface area contributed by atoms with Gasteiger partial charge in [-0.05, 0) is 68.2 Å². The fraction of sp³-hybridized carbons (Fsp3) is 0.421. The van der Waals surface area contributed by atoms with Crippen LogP contribution in [0.2, 0.25) is 0 Å². The number of anilines is 1. The van der Waals surface area contributed by atoms with Crippen molar-refractivity contribution in [3.8, 4) is 17.1 Å². The van der Waals surface area contributed by atoms with Crippen molar-refractivity contribution < 1.29 is 28.6 Å². The van der Waals surface area contributed by atoms with E-state index in [9.17, 15) is 23.9 Å². The molecule has 5 heterocycles. The van der Waals surface area contributed by atoms with Crippen molar-refractivity contribution in [2.45, 2.75) is 84.1 Å². The third kappa shape index (κ3) is 6.86. The number of carbonyl (C=O) groups excluding carboxylic acids is 2. The van der Waals surface area contributed by atoms with Gasteiger partial charge < -0.3 is 35.1 Å².